The van der Waals surface area contributed by atoms with Gasteiger partial charge in [-0.05, 0) is 59.7 Å². The first-order valence-corrected chi connectivity index (χ1v) is 12.8. The summed E-state index contributed by atoms with van der Waals surface area (Å²) < 4.78 is 11.9. The molecule has 0 aromatic heterocycles. The van der Waals surface area contributed by atoms with E-state index < -0.39 is 0 Å². The SMILES string of the molecule is CCCCCCCOc1ccc(-c2ccccc2-c2ccc(C(C)OCCCC)cc2)cc1. The Morgan fingerprint density at radius 2 is 1.18 bits per heavy atom. The van der Waals surface area contributed by atoms with Gasteiger partial charge in [0.15, 0.2) is 0 Å². The van der Waals surface area contributed by atoms with Crippen molar-refractivity contribution in [1.82, 2.24) is 0 Å². The van der Waals surface area contributed by atoms with Gasteiger partial charge in [0.1, 0.15) is 5.75 Å². The minimum absolute atomic E-state index is 0.125. The highest BCUT2D eigenvalue weighted by Gasteiger charge is 2.10. The first kappa shape index (κ1) is 25.1. The van der Waals surface area contributed by atoms with E-state index in [9.17, 15) is 0 Å². The van der Waals surface area contributed by atoms with E-state index in [0.717, 1.165) is 38.2 Å². The number of hydrogen-bond donors (Lipinski definition) is 0. The van der Waals surface area contributed by atoms with Gasteiger partial charge in [-0.15, -0.1) is 0 Å². The molecule has 0 spiro atoms. The number of rotatable bonds is 14. The summed E-state index contributed by atoms with van der Waals surface area (Å²) in [6, 6.07) is 26.0. The molecule has 0 N–H and O–H groups in total. The zero-order chi connectivity index (χ0) is 23.3. The number of benzene rings is 3. The maximum absolute atomic E-state index is 5.96. The van der Waals surface area contributed by atoms with E-state index in [1.165, 1.54) is 53.5 Å². The van der Waals surface area contributed by atoms with Crippen LogP contribution in [0.1, 0.15) is 77.4 Å². The molecule has 3 rings (SSSR count). The quantitative estimate of drug-likeness (QED) is 0.231. The van der Waals surface area contributed by atoms with Crippen LogP contribution in [0, 0.1) is 0 Å². The average molecular weight is 445 g/mol. The molecule has 0 amide bonds. The van der Waals surface area contributed by atoms with Crippen molar-refractivity contribution in [2.45, 2.75) is 71.8 Å². The molecule has 0 aliphatic heterocycles. The maximum atomic E-state index is 5.96. The van der Waals surface area contributed by atoms with Gasteiger partial charge in [-0.2, -0.15) is 0 Å². The van der Waals surface area contributed by atoms with Crippen LogP contribution in [-0.2, 0) is 4.74 Å². The van der Waals surface area contributed by atoms with Crippen molar-refractivity contribution in [1.29, 1.82) is 0 Å². The molecule has 1 unspecified atom stereocenters. The molecular weight excluding hydrogens is 404 g/mol. The standard InChI is InChI=1S/C31H40O2/c1-4-6-8-9-12-24-33-29-21-19-28(20-22-29)31-14-11-10-13-30(31)27-17-15-26(16-18-27)25(3)32-23-7-5-2/h10-11,13-22,25H,4-9,12,23-24H2,1-3H3. The fourth-order valence-corrected chi connectivity index (χ4v) is 4.05. The Labute approximate surface area is 201 Å². The number of hydrogen-bond acceptors (Lipinski definition) is 2. The summed E-state index contributed by atoms with van der Waals surface area (Å²) in [6.45, 7) is 8.19. The largest absolute Gasteiger partial charge is 0.494 e. The van der Waals surface area contributed by atoms with Crippen molar-refractivity contribution in [2.75, 3.05) is 13.2 Å². The van der Waals surface area contributed by atoms with Crippen LogP contribution in [0.3, 0.4) is 0 Å². The van der Waals surface area contributed by atoms with Gasteiger partial charge in [0.2, 0.25) is 0 Å². The minimum atomic E-state index is 0.125. The van der Waals surface area contributed by atoms with Crippen molar-refractivity contribution in [3.05, 3.63) is 78.4 Å². The summed E-state index contributed by atoms with van der Waals surface area (Å²) in [5, 5.41) is 0. The van der Waals surface area contributed by atoms with E-state index in [1.807, 2.05) is 0 Å². The van der Waals surface area contributed by atoms with E-state index in [1.54, 1.807) is 0 Å². The smallest absolute Gasteiger partial charge is 0.119 e. The highest BCUT2D eigenvalue weighted by atomic mass is 16.5. The van der Waals surface area contributed by atoms with Gasteiger partial charge < -0.3 is 9.47 Å². The van der Waals surface area contributed by atoms with Crippen molar-refractivity contribution in [3.63, 3.8) is 0 Å². The minimum Gasteiger partial charge on any atom is -0.494 e. The van der Waals surface area contributed by atoms with Crippen LogP contribution < -0.4 is 4.74 Å². The van der Waals surface area contributed by atoms with Crippen LogP contribution in [0.25, 0.3) is 22.3 Å². The van der Waals surface area contributed by atoms with E-state index >= 15 is 0 Å². The van der Waals surface area contributed by atoms with Gasteiger partial charge in [0.05, 0.1) is 12.7 Å². The second-order valence-corrected chi connectivity index (χ2v) is 8.82. The third-order valence-corrected chi connectivity index (χ3v) is 6.17. The predicted octanol–water partition coefficient (Wildman–Crippen LogP) is 9.25. The van der Waals surface area contributed by atoms with Crippen LogP contribution in [0.2, 0.25) is 0 Å². The van der Waals surface area contributed by atoms with Crippen LogP contribution >= 0.6 is 0 Å². The summed E-state index contributed by atoms with van der Waals surface area (Å²) in [5.74, 6) is 0.952. The Morgan fingerprint density at radius 1 is 0.606 bits per heavy atom. The van der Waals surface area contributed by atoms with Crippen LogP contribution in [0.4, 0.5) is 0 Å². The molecule has 0 bridgehead atoms. The van der Waals surface area contributed by atoms with E-state index in [-0.39, 0.29) is 6.10 Å². The zero-order valence-electron chi connectivity index (χ0n) is 20.7. The Bertz CT molecular complexity index is 928. The molecule has 33 heavy (non-hydrogen) atoms. The summed E-state index contributed by atoms with van der Waals surface area (Å²) >= 11 is 0. The maximum Gasteiger partial charge on any atom is 0.119 e. The molecule has 2 nitrogen and oxygen atoms in total. The van der Waals surface area contributed by atoms with E-state index in [0.29, 0.717) is 0 Å². The molecule has 0 fully saturated rings. The lowest BCUT2D eigenvalue weighted by molar-refractivity contribution is 0.0637. The fourth-order valence-electron chi connectivity index (χ4n) is 4.05. The molecule has 176 valence electrons. The second kappa shape index (κ2) is 13.9. The normalized spacial score (nSPS) is 12.0. The Kier molecular flexibility index (Phi) is 10.5. The van der Waals surface area contributed by atoms with Gasteiger partial charge in [0.25, 0.3) is 0 Å². The summed E-state index contributed by atoms with van der Waals surface area (Å²) in [5.41, 5.74) is 6.14. The molecule has 3 aromatic carbocycles. The van der Waals surface area contributed by atoms with Crippen LogP contribution in [0.15, 0.2) is 72.8 Å². The lowest BCUT2D eigenvalue weighted by atomic mass is 9.94. The molecule has 0 aliphatic carbocycles. The van der Waals surface area contributed by atoms with E-state index in [4.69, 9.17) is 9.47 Å². The topological polar surface area (TPSA) is 18.5 Å². The van der Waals surface area contributed by atoms with Gasteiger partial charge in [-0.3, -0.25) is 0 Å². The molecule has 1 atom stereocenters. The summed E-state index contributed by atoms with van der Waals surface area (Å²) in [4.78, 5) is 0. The molecule has 0 saturated heterocycles. The van der Waals surface area contributed by atoms with Gasteiger partial charge in [0, 0.05) is 6.61 Å². The first-order chi connectivity index (χ1) is 16.2. The Balaban J connectivity index is 1.65. The lowest BCUT2D eigenvalue weighted by Crippen LogP contribution is -2.01. The van der Waals surface area contributed by atoms with Crippen LogP contribution in [0.5, 0.6) is 5.75 Å². The van der Waals surface area contributed by atoms with Gasteiger partial charge >= 0.3 is 0 Å². The predicted molar refractivity (Wildman–Crippen MR) is 141 cm³/mol. The molecule has 0 saturated carbocycles. The summed E-state index contributed by atoms with van der Waals surface area (Å²) in [7, 11) is 0. The van der Waals surface area contributed by atoms with E-state index in [2.05, 4.69) is 93.6 Å². The summed E-state index contributed by atoms with van der Waals surface area (Å²) in [6.07, 6.45) is 8.68. The number of ether oxygens (including phenoxy) is 2. The zero-order valence-corrected chi connectivity index (χ0v) is 20.7. The third kappa shape index (κ3) is 7.75. The molecular formula is C31H40O2. The third-order valence-electron chi connectivity index (χ3n) is 6.17. The lowest BCUT2D eigenvalue weighted by Gasteiger charge is -2.15. The van der Waals surface area contributed by atoms with Crippen molar-refractivity contribution < 1.29 is 9.47 Å². The second-order valence-electron chi connectivity index (χ2n) is 8.82. The molecule has 2 heteroatoms. The molecule has 3 aromatic rings. The molecule has 0 aliphatic rings. The van der Waals surface area contributed by atoms with Crippen molar-refractivity contribution >= 4 is 0 Å². The molecule has 0 heterocycles. The Hall–Kier alpha value is -2.58. The van der Waals surface area contributed by atoms with Crippen LogP contribution in [-0.4, -0.2) is 13.2 Å². The van der Waals surface area contributed by atoms with Gasteiger partial charge in [-0.1, -0.05) is 107 Å². The molecule has 0 radical (unpaired) electrons. The van der Waals surface area contributed by atoms with Crippen molar-refractivity contribution in [2.24, 2.45) is 0 Å². The monoisotopic (exact) mass is 444 g/mol. The number of unbranched alkanes of at least 4 members (excludes halogenated alkanes) is 5. The first-order valence-electron chi connectivity index (χ1n) is 12.8. The fraction of sp³-hybridized carbons (Fsp3) is 0.419. The van der Waals surface area contributed by atoms with Gasteiger partial charge in [-0.25, -0.2) is 0 Å². The highest BCUT2D eigenvalue weighted by molar-refractivity contribution is 5.83. The Morgan fingerprint density at radius 3 is 1.79 bits per heavy atom. The van der Waals surface area contributed by atoms with Crippen molar-refractivity contribution in [3.8, 4) is 28.0 Å². The average Bonchev–Trinajstić information content (AvgIpc) is 2.87. The highest BCUT2D eigenvalue weighted by Crippen LogP contribution is 2.33.